The number of allylic oxidation sites excluding steroid dienone is 9. The molecule has 0 bridgehead atoms. The molecule has 0 fully saturated rings. The van der Waals surface area contributed by atoms with Crippen LogP contribution >= 0.6 is 0 Å². The zero-order valence-corrected chi connectivity index (χ0v) is 14.5. The van der Waals surface area contributed by atoms with Crippen LogP contribution in [0, 0.1) is 5.41 Å². The molecule has 0 saturated carbocycles. The van der Waals surface area contributed by atoms with Gasteiger partial charge in [-0.3, -0.25) is 4.79 Å². The van der Waals surface area contributed by atoms with Gasteiger partial charge in [0.1, 0.15) is 0 Å². The first kappa shape index (κ1) is 18.2. The van der Waals surface area contributed by atoms with Crippen molar-refractivity contribution in [3.63, 3.8) is 0 Å². The fourth-order valence-corrected chi connectivity index (χ4v) is 2.81. The van der Waals surface area contributed by atoms with Gasteiger partial charge in [-0.2, -0.15) is 0 Å². The van der Waals surface area contributed by atoms with Crippen LogP contribution in [0.2, 0.25) is 0 Å². The van der Waals surface area contributed by atoms with Crippen molar-refractivity contribution in [1.29, 1.82) is 0 Å². The second-order valence-corrected chi connectivity index (χ2v) is 6.63. The molecule has 0 amide bonds. The van der Waals surface area contributed by atoms with Crippen LogP contribution in [0.25, 0.3) is 0 Å². The third kappa shape index (κ3) is 5.88. The molecule has 0 aromatic carbocycles. The average molecular weight is 300 g/mol. The van der Waals surface area contributed by atoms with E-state index in [1.807, 2.05) is 19.1 Å². The van der Waals surface area contributed by atoms with E-state index in [9.17, 15) is 4.79 Å². The van der Waals surface area contributed by atoms with Crippen molar-refractivity contribution >= 4 is 6.47 Å². The van der Waals surface area contributed by atoms with Crippen LogP contribution in [0.4, 0.5) is 0 Å². The lowest BCUT2D eigenvalue weighted by Crippen LogP contribution is -2.19. The van der Waals surface area contributed by atoms with Crippen molar-refractivity contribution in [3.8, 4) is 0 Å². The number of hydrogen-bond acceptors (Lipinski definition) is 2. The first-order valence-corrected chi connectivity index (χ1v) is 7.86. The lowest BCUT2D eigenvalue weighted by atomic mass is 9.72. The summed E-state index contributed by atoms with van der Waals surface area (Å²) in [5.74, 6) is 0. The monoisotopic (exact) mass is 300 g/mol. The fraction of sp³-hybridized carbons (Fsp3) is 0.450. The SMILES string of the molecule is CC1=C(/C=C/C(C)=C\C=C\C(C)=C\OC=O)C(C)(C)CCC1. The van der Waals surface area contributed by atoms with Crippen LogP contribution in [-0.2, 0) is 9.53 Å². The summed E-state index contributed by atoms with van der Waals surface area (Å²) in [4.78, 5) is 10.1. The first-order chi connectivity index (χ1) is 10.4. The predicted octanol–water partition coefficient (Wildman–Crippen LogP) is 5.65. The van der Waals surface area contributed by atoms with Gasteiger partial charge in [-0.05, 0) is 56.6 Å². The van der Waals surface area contributed by atoms with Gasteiger partial charge in [-0.25, -0.2) is 0 Å². The Balaban J connectivity index is 2.75. The van der Waals surface area contributed by atoms with Crippen molar-refractivity contribution in [1.82, 2.24) is 0 Å². The largest absolute Gasteiger partial charge is 0.436 e. The number of carbonyl (C=O) groups excluding carboxylic acids is 1. The van der Waals surface area contributed by atoms with E-state index in [1.54, 1.807) is 0 Å². The van der Waals surface area contributed by atoms with Crippen molar-refractivity contribution in [2.45, 2.75) is 53.9 Å². The molecule has 120 valence electrons. The molecule has 0 unspecified atom stereocenters. The second kappa shape index (κ2) is 8.57. The molecule has 1 rings (SSSR count). The molecular weight excluding hydrogens is 272 g/mol. The van der Waals surface area contributed by atoms with E-state index < -0.39 is 0 Å². The van der Waals surface area contributed by atoms with Crippen LogP contribution in [0.1, 0.15) is 53.9 Å². The maximum atomic E-state index is 10.1. The van der Waals surface area contributed by atoms with Crippen molar-refractivity contribution in [3.05, 3.63) is 58.9 Å². The van der Waals surface area contributed by atoms with Crippen LogP contribution in [0.5, 0.6) is 0 Å². The second-order valence-electron chi connectivity index (χ2n) is 6.63. The highest BCUT2D eigenvalue weighted by atomic mass is 16.5. The Hall–Kier alpha value is -1.83. The van der Waals surface area contributed by atoms with Gasteiger partial charge in [0.25, 0.3) is 6.47 Å². The van der Waals surface area contributed by atoms with Gasteiger partial charge in [0.05, 0.1) is 6.26 Å². The molecule has 22 heavy (non-hydrogen) atoms. The lowest BCUT2D eigenvalue weighted by Gasteiger charge is -2.32. The molecule has 2 nitrogen and oxygen atoms in total. The molecule has 0 spiro atoms. The van der Waals surface area contributed by atoms with Gasteiger partial charge in [0.2, 0.25) is 0 Å². The van der Waals surface area contributed by atoms with Crippen LogP contribution in [0.15, 0.2) is 58.9 Å². The summed E-state index contributed by atoms with van der Waals surface area (Å²) in [5.41, 5.74) is 5.36. The molecule has 0 atom stereocenters. The number of carbonyl (C=O) groups is 1. The Morgan fingerprint density at radius 3 is 2.55 bits per heavy atom. The molecule has 0 heterocycles. The molecule has 0 radical (unpaired) electrons. The minimum absolute atomic E-state index is 0.278. The molecule has 0 aliphatic heterocycles. The number of hydrogen-bond donors (Lipinski definition) is 0. The molecule has 1 aliphatic carbocycles. The van der Waals surface area contributed by atoms with Gasteiger partial charge >= 0.3 is 0 Å². The zero-order chi connectivity index (χ0) is 16.6. The average Bonchev–Trinajstić information content (AvgIpc) is 2.43. The van der Waals surface area contributed by atoms with E-state index in [0.29, 0.717) is 6.47 Å². The van der Waals surface area contributed by atoms with E-state index in [2.05, 4.69) is 50.7 Å². The summed E-state index contributed by atoms with van der Waals surface area (Å²) < 4.78 is 4.58. The highest BCUT2D eigenvalue weighted by Crippen LogP contribution is 2.40. The normalized spacial score (nSPS) is 20.0. The molecular formula is C20H28O2. The van der Waals surface area contributed by atoms with Crippen molar-refractivity contribution in [2.75, 3.05) is 0 Å². The smallest absolute Gasteiger partial charge is 0.297 e. The molecule has 0 aromatic heterocycles. The molecule has 0 aromatic rings. The maximum absolute atomic E-state index is 10.1. The minimum Gasteiger partial charge on any atom is -0.436 e. The summed E-state index contributed by atoms with van der Waals surface area (Å²) in [6.07, 6.45) is 15.6. The molecule has 0 N–H and O–H groups in total. The third-order valence-corrected chi connectivity index (χ3v) is 4.08. The highest BCUT2D eigenvalue weighted by Gasteiger charge is 2.26. The Morgan fingerprint density at radius 2 is 1.91 bits per heavy atom. The van der Waals surface area contributed by atoms with E-state index in [0.717, 1.165) is 5.57 Å². The molecule has 2 heteroatoms. The lowest BCUT2D eigenvalue weighted by molar-refractivity contribution is -0.123. The predicted molar refractivity (Wildman–Crippen MR) is 93.3 cm³/mol. The Bertz CT molecular complexity index is 540. The Morgan fingerprint density at radius 1 is 1.18 bits per heavy atom. The standard InChI is InChI=1S/C20H28O2/c1-16(8-6-9-17(2)14-22-15-21)11-12-19-18(3)10-7-13-20(19,4)5/h6,8-9,11-12,14-15H,7,10,13H2,1-5H3/b9-6+,12-11+,16-8-,17-14+. The van der Waals surface area contributed by atoms with Gasteiger partial charge in [-0.15, -0.1) is 0 Å². The number of rotatable bonds is 6. The van der Waals surface area contributed by atoms with Gasteiger partial charge in [-0.1, -0.05) is 55.4 Å². The summed E-state index contributed by atoms with van der Waals surface area (Å²) in [6.45, 7) is 11.3. The van der Waals surface area contributed by atoms with Gasteiger partial charge < -0.3 is 4.74 Å². The van der Waals surface area contributed by atoms with E-state index in [1.165, 1.54) is 42.2 Å². The maximum Gasteiger partial charge on any atom is 0.297 e. The van der Waals surface area contributed by atoms with Crippen LogP contribution < -0.4 is 0 Å². The van der Waals surface area contributed by atoms with Crippen molar-refractivity contribution < 1.29 is 9.53 Å². The quantitative estimate of drug-likeness (QED) is 0.360. The van der Waals surface area contributed by atoms with Gasteiger partial charge in [0.15, 0.2) is 0 Å². The van der Waals surface area contributed by atoms with Crippen molar-refractivity contribution in [2.24, 2.45) is 5.41 Å². The number of ether oxygens (including phenoxy) is 1. The Kier molecular flexibility index (Phi) is 7.10. The summed E-state index contributed by atoms with van der Waals surface area (Å²) >= 11 is 0. The van der Waals surface area contributed by atoms with Crippen LogP contribution in [0.3, 0.4) is 0 Å². The summed E-state index contributed by atoms with van der Waals surface area (Å²) in [5, 5.41) is 0. The summed E-state index contributed by atoms with van der Waals surface area (Å²) in [7, 11) is 0. The minimum atomic E-state index is 0.278. The third-order valence-electron chi connectivity index (χ3n) is 4.08. The van der Waals surface area contributed by atoms with E-state index in [-0.39, 0.29) is 5.41 Å². The highest BCUT2D eigenvalue weighted by molar-refractivity contribution is 5.39. The summed E-state index contributed by atoms with van der Waals surface area (Å²) in [6, 6.07) is 0. The molecule has 0 saturated heterocycles. The van der Waals surface area contributed by atoms with Crippen LogP contribution in [-0.4, -0.2) is 6.47 Å². The topological polar surface area (TPSA) is 26.3 Å². The van der Waals surface area contributed by atoms with E-state index in [4.69, 9.17) is 0 Å². The Labute approximate surface area is 134 Å². The van der Waals surface area contributed by atoms with Gasteiger partial charge in [0, 0.05) is 0 Å². The molecule has 1 aliphatic rings. The fourth-order valence-electron chi connectivity index (χ4n) is 2.81. The first-order valence-electron chi connectivity index (χ1n) is 7.86. The van der Waals surface area contributed by atoms with E-state index >= 15 is 0 Å². The zero-order valence-electron chi connectivity index (χ0n) is 14.5.